The molecular weight excluding hydrogens is 322 g/mol. The van der Waals surface area contributed by atoms with Crippen molar-refractivity contribution in [1.82, 2.24) is 14.7 Å². The first kappa shape index (κ1) is 17.0. The summed E-state index contributed by atoms with van der Waals surface area (Å²) in [6, 6.07) is 9.89. The largest absolute Gasteiger partial charge is 0.337 e. The van der Waals surface area contributed by atoms with Gasteiger partial charge in [-0.05, 0) is 42.5 Å². The smallest absolute Gasteiger partial charge is 0.272 e. The second kappa shape index (κ2) is 6.98. The molecule has 128 valence electrons. The van der Waals surface area contributed by atoms with E-state index in [1.54, 1.807) is 4.68 Å². The minimum absolute atomic E-state index is 0.0736. The molecule has 0 N–H and O–H groups in total. The molecule has 0 bridgehead atoms. The maximum atomic E-state index is 12.8. The molecule has 1 fully saturated rings. The Kier molecular flexibility index (Phi) is 4.95. The SMILES string of the molecule is CC(C)Cc1cc(C(=O)N2CC[C@H](c3cccc(Cl)c3)C2)n(C)n1. The number of hydrogen-bond acceptors (Lipinski definition) is 2. The Labute approximate surface area is 148 Å². The van der Waals surface area contributed by atoms with E-state index in [0.29, 0.717) is 17.5 Å². The number of aromatic nitrogens is 2. The van der Waals surface area contributed by atoms with E-state index in [1.807, 2.05) is 36.2 Å². The third kappa shape index (κ3) is 3.64. The third-order valence-corrected chi connectivity index (χ3v) is 4.80. The maximum absolute atomic E-state index is 12.8. The molecule has 1 aliphatic rings. The van der Waals surface area contributed by atoms with Crippen molar-refractivity contribution in [3.63, 3.8) is 0 Å². The van der Waals surface area contributed by atoms with E-state index >= 15 is 0 Å². The van der Waals surface area contributed by atoms with Crippen molar-refractivity contribution in [3.8, 4) is 0 Å². The molecule has 1 aromatic heterocycles. The number of carbonyl (C=O) groups excluding carboxylic acids is 1. The summed E-state index contributed by atoms with van der Waals surface area (Å²) in [6.07, 6.45) is 1.87. The Bertz CT molecular complexity index is 738. The van der Waals surface area contributed by atoms with Gasteiger partial charge in [0, 0.05) is 31.1 Å². The van der Waals surface area contributed by atoms with Gasteiger partial charge in [-0.25, -0.2) is 0 Å². The standard InChI is InChI=1S/C19H24ClN3O/c1-13(2)9-17-11-18(22(3)21-17)19(24)23-8-7-15(12-23)14-5-4-6-16(20)10-14/h4-6,10-11,13,15H,7-9,12H2,1-3H3/t15-/m0/s1. The zero-order chi connectivity index (χ0) is 17.3. The van der Waals surface area contributed by atoms with Crippen LogP contribution in [0.4, 0.5) is 0 Å². The second-order valence-corrected chi connectivity index (χ2v) is 7.47. The van der Waals surface area contributed by atoms with Gasteiger partial charge in [-0.15, -0.1) is 0 Å². The highest BCUT2D eigenvalue weighted by Crippen LogP contribution is 2.29. The minimum Gasteiger partial charge on any atom is -0.337 e. The number of hydrogen-bond donors (Lipinski definition) is 0. The topological polar surface area (TPSA) is 38.1 Å². The monoisotopic (exact) mass is 345 g/mol. The van der Waals surface area contributed by atoms with Gasteiger partial charge in [-0.3, -0.25) is 9.48 Å². The first-order valence-corrected chi connectivity index (χ1v) is 8.89. The van der Waals surface area contributed by atoms with Crippen LogP contribution in [0.3, 0.4) is 0 Å². The van der Waals surface area contributed by atoms with Crippen LogP contribution in [0.5, 0.6) is 0 Å². The van der Waals surface area contributed by atoms with Crippen molar-refractivity contribution in [2.45, 2.75) is 32.6 Å². The molecule has 2 heterocycles. The van der Waals surface area contributed by atoms with Crippen LogP contribution in [-0.4, -0.2) is 33.7 Å². The zero-order valence-electron chi connectivity index (χ0n) is 14.5. The second-order valence-electron chi connectivity index (χ2n) is 7.03. The number of nitrogens with zero attached hydrogens (tertiary/aromatic N) is 3. The molecule has 0 unspecified atom stereocenters. The zero-order valence-corrected chi connectivity index (χ0v) is 15.3. The molecule has 24 heavy (non-hydrogen) atoms. The highest BCUT2D eigenvalue weighted by atomic mass is 35.5. The lowest BCUT2D eigenvalue weighted by Crippen LogP contribution is -2.30. The van der Waals surface area contributed by atoms with Gasteiger partial charge in [-0.1, -0.05) is 37.6 Å². The summed E-state index contributed by atoms with van der Waals surface area (Å²) >= 11 is 6.09. The van der Waals surface area contributed by atoms with Gasteiger partial charge in [0.25, 0.3) is 5.91 Å². The minimum atomic E-state index is 0.0736. The first-order chi connectivity index (χ1) is 11.4. The summed E-state index contributed by atoms with van der Waals surface area (Å²) in [5.74, 6) is 0.961. The van der Waals surface area contributed by atoms with E-state index in [2.05, 4.69) is 25.0 Å². The molecule has 1 aromatic carbocycles. The number of rotatable bonds is 4. The summed E-state index contributed by atoms with van der Waals surface area (Å²) < 4.78 is 1.72. The number of carbonyl (C=O) groups is 1. The van der Waals surface area contributed by atoms with Crippen LogP contribution in [0.2, 0.25) is 5.02 Å². The lowest BCUT2D eigenvalue weighted by molar-refractivity contribution is 0.0780. The molecule has 0 saturated carbocycles. The van der Waals surface area contributed by atoms with Gasteiger partial charge in [0.05, 0.1) is 5.69 Å². The summed E-state index contributed by atoms with van der Waals surface area (Å²) in [5, 5.41) is 5.24. The van der Waals surface area contributed by atoms with Crippen LogP contribution in [0.25, 0.3) is 0 Å². The van der Waals surface area contributed by atoms with Gasteiger partial charge in [0.15, 0.2) is 0 Å². The fourth-order valence-electron chi connectivity index (χ4n) is 3.38. The van der Waals surface area contributed by atoms with E-state index in [1.165, 1.54) is 5.56 Å². The fraction of sp³-hybridized carbons (Fsp3) is 0.474. The van der Waals surface area contributed by atoms with Crippen molar-refractivity contribution in [3.05, 3.63) is 52.3 Å². The third-order valence-electron chi connectivity index (χ3n) is 4.56. The molecule has 0 spiro atoms. The number of likely N-dealkylation sites (tertiary alicyclic amines) is 1. The number of amides is 1. The fourth-order valence-corrected chi connectivity index (χ4v) is 3.58. The molecule has 4 nitrogen and oxygen atoms in total. The number of aryl methyl sites for hydroxylation is 1. The van der Waals surface area contributed by atoms with Crippen LogP contribution in [-0.2, 0) is 13.5 Å². The highest BCUT2D eigenvalue weighted by Gasteiger charge is 2.29. The maximum Gasteiger partial charge on any atom is 0.272 e. The predicted molar refractivity (Wildman–Crippen MR) is 96.5 cm³/mol. The molecule has 0 aliphatic carbocycles. The normalized spacial score (nSPS) is 17.7. The van der Waals surface area contributed by atoms with Crippen LogP contribution < -0.4 is 0 Å². The summed E-state index contributed by atoms with van der Waals surface area (Å²) in [5.41, 5.74) is 2.88. The Morgan fingerprint density at radius 3 is 2.88 bits per heavy atom. The molecule has 0 radical (unpaired) electrons. The van der Waals surface area contributed by atoms with Crippen molar-refractivity contribution < 1.29 is 4.79 Å². The Balaban J connectivity index is 1.71. The number of benzene rings is 1. The first-order valence-electron chi connectivity index (χ1n) is 8.51. The van der Waals surface area contributed by atoms with Crippen LogP contribution in [0.1, 0.15) is 47.9 Å². The molecular formula is C19H24ClN3O. The molecule has 5 heteroatoms. The van der Waals surface area contributed by atoms with E-state index in [4.69, 9.17) is 11.6 Å². The van der Waals surface area contributed by atoms with Crippen molar-refractivity contribution in [2.24, 2.45) is 13.0 Å². The highest BCUT2D eigenvalue weighted by molar-refractivity contribution is 6.30. The quantitative estimate of drug-likeness (QED) is 0.842. The van der Waals surface area contributed by atoms with Gasteiger partial charge in [0.2, 0.25) is 0 Å². The average Bonchev–Trinajstić information content (AvgIpc) is 3.13. The van der Waals surface area contributed by atoms with Gasteiger partial charge >= 0.3 is 0 Å². The molecule has 2 aromatic rings. The van der Waals surface area contributed by atoms with Gasteiger partial charge in [-0.2, -0.15) is 5.10 Å². The van der Waals surface area contributed by atoms with Crippen LogP contribution in [0.15, 0.2) is 30.3 Å². The van der Waals surface area contributed by atoms with E-state index in [-0.39, 0.29) is 5.91 Å². The molecule has 1 amide bonds. The van der Waals surface area contributed by atoms with E-state index in [0.717, 1.165) is 36.6 Å². The molecule has 1 saturated heterocycles. The van der Waals surface area contributed by atoms with E-state index < -0.39 is 0 Å². The van der Waals surface area contributed by atoms with Crippen LogP contribution >= 0.6 is 11.6 Å². The lowest BCUT2D eigenvalue weighted by atomic mass is 9.99. The summed E-state index contributed by atoms with van der Waals surface area (Å²) in [6.45, 7) is 5.84. The van der Waals surface area contributed by atoms with Crippen molar-refractivity contribution >= 4 is 17.5 Å². The van der Waals surface area contributed by atoms with Crippen LogP contribution in [0, 0.1) is 5.92 Å². The molecule has 1 atom stereocenters. The Hall–Kier alpha value is -1.81. The van der Waals surface area contributed by atoms with Crippen molar-refractivity contribution in [2.75, 3.05) is 13.1 Å². The van der Waals surface area contributed by atoms with Gasteiger partial charge < -0.3 is 4.90 Å². The lowest BCUT2D eigenvalue weighted by Gasteiger charge is -2.16. The summed E-state index contributed by atoms with van der Waals surface area (Å²) in [7, 11) is 1.85. The predicted octanol–water partition coefficient (Wildman–Crippen LogP) is 3.90. The van der Waals surface area contributed by atoms with E-state index in [9.17, 15) is 4.79 Å². The summed E-state index contributed by atoms with van der Waals surface area (Å²) in [4.78, 5) is 14.8. The Morgan fingerprint density at radius 2 is 2.17 bits per heavy atom. The average molecular weight is 346 g/mol. The van der Waals surface area contributed by atoms with Gasteiger partial charge in [0.1, 0.15) is 5.69 Å². The molecule has 3 rings (SSSR count). The Morgan fingerprint density at radius 1 is 1.38 bits per heavy atom. The number of halogens is 1. The molecule has 1 aliphatic heterocycles. The van der Waals surface area contributed by atoms with Crippen molar-refractivity contribution in [1.29, 1.82) is 0 Å².